The Kier molecular flexibility index (Phi) is 7.68. The number of hydrogen-bond acceptors (Lipinski definition) is 8. The zero-order valence-electron chi connectivity index (χ0n) is 18.1. The lowest BCUT2D eigenvalue weighted by molar-refractivity contribution is 0.0599. The molecule has 0 amide bonds. The molecule has 33 heavy (non-hydrogen) atoms. The van der Waals surface area contributed by atoms with Gasteiger partial charge >= 0.3 is 11.9 Å². The van der Waals surface area contributed by atoms with Crippen molar-refractivity contribution in [2.75, 3.05) is 25.4 Å². The van der Waals surface area contributed by atoms with E-state index in [2.05, 4.69) is 14.8 Å². The van der Waals surface area contributed by atoms with E-state index < -0.39 is 27.7 Å². The maximum absolute atomic E-state index is 12.8. The minimum atomic E-state index is -3.72. The molecule has 0 unspecified atom stereocenters. The third kappa shape index (κ3) is 6.33. The lowest BCUT2D eigenvalue weighted by Crippen LogP contribution is -2.16. The zero-order chi connectivity index (χ0) is 23.8. The van der Waals surface area contributed by atoms with Crippen molar-refractivity contribution in [3.8, 4) is 5.75 Å². The van der Waals surface area contributed by atoms with Gasteiger partial charge in [-0.1, -0.05) is 30.3 Å². The summed E-state index contributed by atoms with van der Waals surface area (Å²) in [6.45, 7) is 0.369. The van der Waals surface area contributed by atoms with Crippen LogP contribution < -0.4 is 10.1 Å². The van der Waals surface area contributed by atoms with E-state index in [1.54, 1.807) is 12.1 Å². The first-order valence-electron chi connectivity index (χ1n) is 9.87. The van der Waals surface area contributed by atoms with E-state index in [1.807, 2.05) is 30.3 Å². The summed E-state index contributed by atoms with van der Waals surface area (Å²) in [5.41, 5.74) is 1.42. The molecule has 0 saturated carbocycles. The fraction of sp³-hybridized carbons (Fsp3) is 0.167. The van der Waals surface area contributed by atoms with Crippen molar-refractivity contribution in [2.45, 2.75) is 11.5 Å². The number of hydrogen-bond donors (Lipinski definition) is 1. The van der Waals surface area contributed by atoms with Crippen LogP contribution in [0.1, 0.15) is 26.3 Å². The first-order valence-corrected chi connectivity index (χ1v) is 11.5. The van der Waals surface area contributed by atoms with Crippen LogP contribution in [0.4, 0.5) is 5.69 Å². The summed E-state index contributed by atoms with van der Waals surface area (Å²) in [5, 5.41) is 2.75. The summed E-state index contributed by atoms with van der Waals surface area (Å²) in [6.07, 6.45) is 0. The number of benzene rings is 3. The highest BCUT2D eigenvalue weighted by molar-refractivity contribution is 7.91. The summed E-state index contributed by atoms with van der Waals surface area (Å²) in [6, 6.07) is 19.8. The maximum atomic E-state index is 12.8. The van der Waals surface area contributed by atoms with Crippen molar-refractivity contribution in [3.63, 3.8) is 0 Å². The van der Waals surface area contributed by atoms with Gasteiger partial charge in [0.15, 0.2) is 9.84 Å². The van der Waals surface area contributed by atoms with Crippen LogP contribution in [0.25, 0.3) is 0 Å². The molecule has 1 N–H and O–H groups in total. The number of esters is 2. The number of anilines is 1. The molecule has 9 heteroatoms. The molecule has 3 aromatic rings. The van der Waals surface area contributed by atoms with E-state index in [9.17, 15) is 18.0 Å². The van der Waals surface area contributed by atoms with Crippen LogP contribution >= 0.6 is 0 Å². The molecule has 0 aliphatic rings. The molecule has 0 heterocycles. The normalized spacial score (nSPS) is 10.8. The summed E-state index contributed by atoms with van der Waals surface area (Å²) >= 11 is 0. The Morgan fingerprint density at radius 1 is 0.818 bits per heavy atom. The Morgan fingerprint density at radius 3 is 1.94 bits per heavy atom. The van der Waals surface area contributed by atoms with Gasteiger partial charge in [0.2, 0.25) is 0 Å². The molecule has 172 valence electrons. The van der Waals surface area contributed by atoms with Crippen molar-refractivity contribution in [1.82, 2.24) is 0 Å². The number of methoxy groups -OCH3 is 2. The second kappa shape index (κ2) is 10.6. The minimum absolute atomic E-state index is 0.0835. The average Bonchev–Trinajstić information content (AvgIpc) is 2.86. The predicted molar refractivity (Wildman–Crippen MR) is 122 cm³/mol. The standard InChI is InChI=1S/C24H23NO7S/c1-30-23(26)18-12-19(24(27)31-2)14-20(13-18)25-16-33(28,29)22-10-8-21(9-11-22)32-15-17-6-4-3-5-7-17/h3-14,25H,15-16H2,1-2H3. The van der Waals surface area contributed by atoms with E-state index in [4.69, 9.17) is 4.74 Å². The van der Waals surface area contributed by atoms with E-state index in [1.165, 1.54) is 44.6 Å². The Balaban J connectivity index is 1.70. The highest BCUT2D eigenvalue weighted by Gasteiger charge is 2.17. The Bertz CT molecular complexity index is 1190. The third-order valence-corrected chi connectivity index (χ3v) is 6.19. The number of rotatable bonds is 9. The molecule has 0 spiro atoms. The highest BCUT2D eigenvalue weighted by atomic mass is 32.2. The van der Waals surface area contributed by atoms with E-state index in [0.29, 0.717) is 12.4 Å². The number of ether oxygens (including phenoxy) is 3. The lowest BCUT2D eigenvalue weighted by atomic mass is 10.1. The van der Waals surface area contributed by atoms with Gasteiger partial charge in [-0.25, -0.2) is 18.0 Å². The number of sulfone groups is 1. The van der Waals surface area contributed by atoms with Crippen LogP contribution in [0, 0.1) is 0 Å². The molecule has 0 aliphatic carbocycles. The van der Waals surface area contributed by atoms with Crippen LogP contribution in [0.5, 0.6) is 5.75 Å². The van der Waals surface area contributed by atoms with E-state index in [0.717, 1.165) is 5.56 Å². The first-order chi connectivity index (χ1) is 15.8. The monoisotopic (exact) mass is 469 g/mol. The second-order valence-electron chi connectivity index (χ2n) is 6.96. The van der Waals surface area contributed by atoms with Gasteiger partial charge in [-0.2, -0.15) is 0 Å². The molecular weight excluding hydrogens is 446 g/mol. The van der Waals surface area contributed by atoms with E-state index in [-0.39, 0.29) is 21.7 Å². The van der Waals surface area contributed by atoms with E-state index >= 15 is 0 Å². The van der Waals surface area contributed by atoms with Gasteiger partial charge in [-0.05, 0) is 48.0 Å². The largest absolute Gasteiger partial charge is 0.489 e. The molecule has 0 saturated heterocycles. The second-order valence-corrected chi connectivity index (χ2v) is 8.95. The number of nitrogens with one attached hydrogen (secondary N) is 1. The van der Waals surface area contributed by atoms with Crippen LogP contribution in [0.15, 0.2) is 77.7 Å². The van der Waals surface area contributed by atoms with Crippen molar-refractivity contribution in [3.05, 3.63) is 89.5 Å². The molecule has 0 atom stereocenters. The van der Waals surface area contributed by atoms with Crippen LogP contribution in [0.3, 0.4) is 0 Å². The fourth-order valence-corrected chi connectivity index (χ4v) is 4.02. The molecule has 8 nitrogen and oxygen atoms in total. The Labute approximate surface area is 192 Å². The molecule has 0 radical (unpaired) electrons. The van der Waals surface area contributed by atoms with Gasteiger partial charge in [0.25, 0.3) is 0 Å². The SMILES string of the molecule is COC(=O)c1cc(NCS(=O)(=O)c2ccc(OCc3ccccc3)cc2)cc(C(=O)OC)c1. The average molecular weight is 470 g/mol. The molecule has 0 fully saturated rings. The lowest BCUT2D eigenvalue weighted by Gasteiger charge is -2.12. The Hall–Kier alpha value is -3.85. The maximum Gasteiger partial charge on any atom is 0.337 e. The van der Waals surface area contributed by atoms with Gasteiger partial charge in [-0.15, -0.1) is 0 Å². The molecule has 3 aromatic carbocycles. The summed E-state index contributed by atoms with van der Waals surface area (Å²) in [4.78, 5) is 23.9. The minimum Gasteiger partial charge on any atom is -0.489 e. The van der Waals surface area contributed by atoms with Crippen molar-refractivity contribution in [2.24, 2.45) is 0 Å². The van der Waals surface area contributed by atoms with Crippen molar-refractivity contribution in [1.29, 1.82) is 0 Å². The van der Waals surface area contributed by atoms with Gasteiger partial charge in [0.1, 0.15) is 18.2 Å². The first kappa shape index (κ1) is 23.8. The summed E-state index contributed by atoms with van der Waals surface area (Å²) in [5.74, 6) is -1.25. The third-order valence-electron chi connectivity index (χ3n) is 4.67. The van der Waals surface area contributed by atoms with Crippen molar-refractivity contribution >= 4 is 27.5 Å². The van der Waals surface area contributed by atoms with Gasteiger partial charge in [0.05, 0.1) is 30.2 Å². The molecule has 3 rings (SSSR count). The number of carbonyl (C=O) groups is 2. The van der Waals surface area contributed by atoms with Gasteiger partial charge < -0.3 is 19.5 Å². The van der Waals surface area contributed by atoms with Crippen LogP contribution in [0.2, 0.25) is 0 Å². The highest BCUT2D eigenvalue weighted by Crippen LogP contribution is 2.21. The predicted octanol–water partition coefficient (Wildman–Crippen LogP) is 3.68. The van der Waals surface area contributed by atoms with Gasteiger partial charge in [0, 0.05) is 5.69 Å². The van der Waals surface area contributed by atoms with Crippen molar-refractivity contribution < 1.29 is 32.2 Å². The molecule has 0 aliphatic heterocycles. The molecule has 0 bridgehead atoms. The molecule has 0 aromatic heterocycles. The fourth-order valence-electron chi connectivity index (χ4n) is 2.95. The summed E-state index contributed by atoms with van der Waals surface area (Å²) in [7, 11) is -1.31. The number of carbonyl (C=O) groups excluding carboxylic acids is 2. The Morgan fingerprint density at radius 2 is 1.39 bits per heavy atom. The van der Waals surface area contributed by atoms with Crippen LogP contribution in [-0.2, 0) is 25.9 Å². The molecular formula is C24H23NO7S. The van der Waals surface area contributed by atoms with Crippen LogP contribution in [-0.4, -0.2) is 40.5 Å². The topological polar surface area (TPSA) is 108 Å². The van der Waals surface area contributed by atoms with Gasteiger partial charge in [-0.3, -0.25) is 0 Å². The zero-order valence-corrected chi connectivity index (χ0v) is 18.9. The summed E-state index contributed by atoms with van der Waals surface area (Å²) < 4.78 is 40.6. The smallest absolute Gasteiger partial charge is 0.337 e. The quantitative estimate of drug-likeness (QED) is 0.473.